The highest BCUT2D eigenvalue weighted by Crippen LogP contribution is 2.37. The van der Waals surface area contributed by atoms with Crippen molar-refractivity contribution in [3.63, 3.8) is 0 Å². The molecule has 33 heavy (non-hydrogen) atoms. The molecule has 0 atom stereocenters. The van der Waals surface area contributed by atoms with Gasteiger partial charge in [-0.15, -0.1) is 0 Å². The Morgan fingerprint density at radius 3 is 2.45 bits per heavy atom. The Morgan fingerprint density at radius 1 is 1.09 bits per heavy atom. The lowest BCUT2D eigenvalue weighted by molar-refractivity contribution is -0.688. The molecule has 0 bridgehead atoms. The fraction of sp³-hybridized carbons (Fsp3) is 0.192. The Kier molecular flexibility index (Phi) is 7.66. The number of ketones is 1. The second-order valence-electron chi connectivity index (χ2n) is 7.59. The quantitative estimate of drug-likeness (QED) is 0.382. The average Bonchev–Trinajstić information content (AvgIpc) is 3.13. The maximum absolute atomic E-state index is 13.1. The number of rotatable bonds is 6. The molecule has 4 rings (SSSR count). The molecule has 0 saturated heterocycles. The predicted octanol–water partition coefficient (Wildman–Crippen LogP) is 0.226. The van der Waals surface area contributed by atoms with Gasteiger partial charge in [0.15, 0.2) is 36.2 Å². The predicted molar refractivity (Wildman–Crippen MR) is 121 cm³/mol. The molecule has 1 heterocycles. The Balaban J connectivity index is 0.00000306. The number of ether oxygens (including phenoxy) is 2. The van der Waals surface area contributed by atoms with Crippen LogP contribution < -0.4 is 36.3 Å². The van der Waals surface area contributed by atoms with Crippen LogP contribution >= 0.6 is 0 Å². The van der Waals surface area contributed by atoms with Crippen LogP contribution in [0, 0.1) is 0 Å². The minimum atomic E-state index is -0.203. The summed E-state index contributed by atoms with van der Waals surface area (Å²) in [5.74, 6) is 0.844. The largest absolute Gasteiger partial charge is 1.00 e. The Hall–Kier alpha value is -3.45. The normalized spacial score (nSPS) is 13.3. The van der Waals surface area contributed by atoms with Crippen molar-refractivity contribution >= 4 is 17.8 Å². The molecule has 0 radical (unpaired) electrons. The van der Waals surface area contributed by atoms with Gasteiger partial charge in [-0.2, -0.15) is 4.57 Å². The third-order valence-electron chi connectivity index (χ3n) is 5.59. The van der Waals surface area contributed by atoms with E-state index in [1.54, 1.807) is 33.4 Å². The summed E-state index contributed by atoms with van der Waals surface area (Å²) >= 11 is 0. The van der Waals surface area contributed by atoms with Crippen molar-refractivity contribution in [2.75, 3.05) is 21.3 Å². The highest BCUT2D eigenvalue weighted by Gasteiger charge is 2.28. The van der Waals surface area contributed by atoms with Gasteiger partial charge in [-0.1, -0.05) is 30.3 Å². The number of aromatic nitrogens is 1. The van der Waals surface area contributed by atoms with Gasteiger partial charge in [-0.3, -0.25) is 9.59 Å². The monoisotopic (exact) mass is 508 g/mol. The minimum Gasteiger partial charge on any atom is -1.00 e. The second kappa shape index (κ2) is 10.4. The van der Waals surface area contributed by atoms with Gasteiger partial charge in [0.1, 0.15) is 5.56 Å². The number of fused-ring (bicyclic) bond motifs is 1. The molecule has 1 aliphatic rings. The first kappa shape index (κ1) is 24.2. The molecular weight excluding hydrogens is 484 g/mol. The molecule has 2 aromatic carbocycles. The van der Waals surface area contributed by atoms with Crippen LogP contribution in [0.3, 0.4) is 0 Å². The number of hydrogen-bond acceptors (Lipinski definition) is 4. The van der Waals surface area contributed by atoms with E-state index in [1.165, 1.54) is 0 Å². The van der Waals surface area contributed by atoms with E-state index in [1.807, 2.05) is 59.4 Å². The number of allylic oxidation sites excluding steroid dienone is 1. The summed E-state index contributed by atoms with van der Waals surface area (Å²) in [4.78, 5) is 25.7. The highest BCUT2D eigenvalue weighted by molar-refractivity contribution is 6.16. The van der Waals surface area contributed by atoms with Crippen molar-refractivity contribution in [3.05, 3.63) is 94.3 Å². The molecule has 0 spiro atoms. The summed E-state index contributed by atoms with van der Waals surface area (Å²) in [6.45, 7) is 0.644. The van der Waals surface area contributed by atoms with E-state index in [2.05, 4.69) is 5.32 Å². The molecular formula is C26H25BrN2O4. The zero-order chi connectivity index (χ0) is 22.7. The van der Waals surface area contributed by atoms with Crippen LogP contribution in [0.25, 0.3) is 6.08 Å². The topological polar surface area (TPSA) is 68.5 Å². The number of hydrogen-bond donors (Lipinski definition) is 1. The maximum Gasteiger partial charge on any atom is 0.257 e. The minimum absolute atomic E-state index is 0. The van der Waals surface area contributed by atoms with Gasteiger partial charge in [-0.05, 0) is 29.3 Å². The van der Waals surface area contributed by atoms with Crippen molar-refractivity contribution in [1.82, 2.24) is 5.32 Å². The van der Waals surface area contributed by atoms with E-state index >= 15 is 0 Å². The molecule has 7 heteroatoms. The van der Waals surface area contributed by atoms with Gasteiger partial charge >= 0.3 is 0 Å². The summed E-state index contributed by atoms with van der Waals surface area (Å²) < 4.78 is 12.7. The fourth-order valence-electron chi connectivity index (χ4n) is 3.93. The van der Waals surface area contributed by atoms with E-state index < -0.39 is 0 Å². The first-order valence-electron chi connectivity index (χ1n) is 10.3. The molecule has 0 saturated carbocycles. The number of carbonyl (C=O) groups excluding carboxylic acids is 2. The Labute approximate surface area is 203 Å². The number of benzene rings is 2. The van der Waals surface area contributed by atoms with E-state index in [4.69, 9.17) is 9.47 Å². The smallest absolute Gasteiger partial charge is 0.257 e. The molecule has 0 unspecified atom stereocenters. The van der Waals surface area contributed by atoms with E-state index in [0.29, 0.717) is 46.7 Å². The number of carbonyl (C=O) groups is 2. The van der Waals surface area contributed by atoms with Gasteiger partial charge in [0.2, 0.25) is 0 Å². The van der Waals surface area contributed by atoms with Crippen molar-refractivity contribution in [3.8, 4) is 11.5 Å². The first-order chi connectivity index (χ1) is 15.5. The third kappa shape index (κ3) is 4.98. The van der Waals surface area contributed by atoms with Crippen LogP contribution in [-0.2, 0) is 13.0 Å². The average molecular weight is 509 g/mol. The standard InChI is InChI=1S/C26H24N2O4.BrH/c1-27-26(30)22-16-28(15-17-7-5-4-6-8-17)10-9-18(22)11-20-12-19-13-23(31-2)24(32-3)14-21(19)25(20)29;/h4-11,13-14,16H,12,15H2,1-3H3;1H. The van der Waals surface area contributed by atoms with Crippen LogP contribution in [0.5, 0.6) is 11.5 Å². The number of Topliss-reactive ketones (excluding diaryl/α,β-unsaturated/α-hetero) is 1. The molecule has 170 valence electrons. The van der Waals surface area contributed by atoms with Gasteiger partial charge in [0, 0.05) is 36.2 Å². The van der Waals surface area contributed by atoms with Crippen LogP contribution in [0.1, 0.15) is 37.4 Å². The Morgan fingerprint density at radius 2 is 1.79 bits per heavy atom. The van der Waals surface area contributed by atoms with Crippen molar-refractivity contribution < 1.29 is 40.6 Å². The number of nitrogens with one attached hydrogen (secondary N) is 1. The summed E-state index contributed by atoms with van der Waals surface area (Å²) in [6, 6.07) is 15.5. The molecule has 0 aliphatic heterocycles. The number of methoxy groups -OCH3 is 2. The van der Waals surface area contributed by atoms with E-state index in [0.717, 1.165) is 11.1 Å². The van der Waals surface area contributed by atoms with Crippen LogP contribution in [0.2, 0.25) is 0 Å². The number of nitrogens with zero attached hydrogens (tertiary/aromatic N) is 1. The molecule has 1 amide bonds. The number of amides is 1. The van der Waals surface area contributed by atoms with Gasteiger partial charge in [-0.25, -0.2) is 0 Å². The summed E-state index contributed by atoms with van der Waals surface area (Å²) in [6.07, 6.45) is 6.01. The lowest BCUT2D eigenvalue weighted by atomic mass is 10.0. The van der Waals surface area contributed by atoms with Crippen molar-refractivity contribution in [1.29, 1.82) is 0 Å². The van der Waals surface area contributed by atoms with Gasteiger partial charge < -0.3 is 31.8 Å². The maximum atomic E-state index is 13.1. The highest BCUT2D eigenvalue weighted by atomic mass is 79.9. The molecule has 6 nitrogen and oxygen atoms in total. The van der Waals surface area contributed by atoms with Crippen LogP contribution in [0.15, 0.2) is 66.5 Å². The summed E-state index contributed by atoms with van der Waals surface area (Å²) in [5, 5.41) is 2.70. The summed E-state index contributed by atoms with van der Waals surface area (Å²) in [7, 11) is 4.72. The van der Waals surface area contributed by atoms with E-state index in [-0.39, 0.29) is 28.7 Å². The lowest BCUT2D eigenvalue weighted by Crippen LogP contribution is -3.00. The first-order valence-corrected chi connectivity index (χ1v) is 10.3. The molecule has 0 fully saturated rings. The second-order valence-corrected chi connectivity index (χ2v) is 7.59. The SMILES string of the molecule is CNC(=O)c1c[n+](Cc2ccccc2)ccc1C=C1Cc2cc(OC)c(OC)cc2C1=O.[Br-]. The lowest BCUT2D eigenvalue weighted by Gasteiger charge is -2.08. The van der Waals surface area contributed by atoms with Crippen molar-refractivity contribution in [2.24, 2.45) is 0 Å². The fourth-order valence-corrected chi connectivity index (χ4v) is 3.93. The third-order valence-corrected chi connectivity index (χ3v) is 5.59. The van der Waals surface area contributed by atoms with Gasteiger partial charge in [0.25, 0.3) is 5.91 Å². The Bertz CT molecular complexity index is 1220. The van der Waals surface area contributed by atoms with Gasteiger partial charge in [0.05, 0.1) is 14.2 Å². The number of pyridine rings is 1. The van der Waals surface area contributed by atoms with Crippen molar-refractivity contribution in [2.45, 2.75) is 13.0 Å². The van der Waals surface area contributed by atoms with Crippen LogP contribution in [0.4, 0.5) is 0 Å². The molecule has 1 aliphatic carbocycles. The molecule has 1 N–H and O–H groups in total. The zero-order valence-corrected chi connectivity index (χ0v) is 20.3. The molecule has 1 aromatic heterocycles. The summed E-state index contributed by atoms with van der Waals surface area (Å²) in [5.41, 5.74) is 4.46. The molecule has 3 aromatic rings. The van der Waals surface area contributed by atoms with Crippen LogP contribution in [-0.4, -0.2) is 33.0 Å². The zero-order valence-electron chi connectivity index (χ0n) is 18.7. The number of halogens is 1. The van der Waals surface area contributed by atoms with E-state index in [9.17, 15) is 9.59 Å².